The van der Waals surface area contributed by atoms with Crippen molar-refractivity contribution in [2.45, 2.75) is 70.9 Å². The minimum Gasteiger partial charge on any atom is -0.413 e. The summed E-state index contributed by atoms with van der Waals surface area (Å²) in [4.78, 5) is 6.66. The van der Waals surface area contributed by atoms with Gasteiger partial charge in [0.25, 0.3) is 0 Å². The van der Waals surface area contributed by atoms with Gasteiger partial charge in [0.1, 0.15) is 0 Å². The fourth-order valence-corrected chi connectivity index (χ4v) is 5.35. The van der Waals surface area contributed by atoms with E-state index in [4.69, 9.17) is 14.0 Å². The summed E-state index contributed by atoms with van der Waals surface area (Å²) in [6.45, 7) is 14.2. The highest BCUT2D eigenvalue weighted by molar-refractivity contribution is 6.74. The van der Waals surface area contributed by atoms with Gasteiger partial charge in [-0.25, -0.2) is 0 Å². The topological polar surface area (TPSA) is 30.9 Å². The number of hydroxylamine groups is 2. The second-order valence-corrected chi connectivity index (χ2v) is 16.4. The molecule has 4 nitrogen and oxygen atoms in total. The maximum atomic E-state index is 6.79. The highest BCUT2D eigenvalue weighted by atomic mass is 28.4. The van der Waals surface area contributed by atoms with Crippen molar-refractivity contribution >= 4 is 14.1 Å². The van der Waals surface area contributed by atoms with Crippen molar-refractivity contribution in [1.82, 2.24) is 5.06 Å². The van der Waals surface area contributed by atoms with Gasteiger partial charge in [-0.3, -0.25) is 0 Å². The molecule has 3 aromatic carbocycles. The summed E-state index contributed by atoms with van der Waals surface area (Å²) in [7, 11) is -1.94. The Hall–Kier alpha value is -2.70. The minimum absolute atomic E-state index is 0.121. The van der Waals surface area contributed by atoms with Crippen LogP contribution in [-0.2, 0) is 27.2 Å². The fraction of sp³-hybridized carbons (Fsp3) is 0.394. The Morgan fingerprint density at radius 2 is 1.37 bits per heavy atom. The zero-order valence-corrected chi connectivity index (χ0v) is 24.7. The predicted octanol–water partition coefficient (Wildman–Crippen LogP) is 8.23. The third-order valence-corrected chi connectivity index (χ3v) is 12.2. The van der Waals surface area contributed by atoms with E-state index < -0.39 is 8.32 Å². The van der Waals surface area contributed by atoms with Crippen LogP contribution in [0.1, 0.15) is 50.3 Å². The first-order valence-electron chi connectivity index (χ1n) is 13.8. The molecule has 1 atom stereocenters. The van der Waals surface area contributed by atoms with E-state index in [2.05, 4.69) is 118 Å². The van der Waals surface area contributed by atoms with Crippen LogP contribution >= 0.6 is 0 Å². The Balaban J connectivity index is 1.54. The maximum Gasteiger partial charge on any atom is 0.192 e. The zero-order chi connectivity index (χ0) is 27.0. The molecule has 0 saturated heterocycles. The van der Waals surface area contributed by atoms with E-state index in [0.29, 0.717) is 19.8 Å². The Morgan fingerprint density at radius 3 is 1.97 bits per heavy atom. The van der Waals surface area contributed by atoms with Crippen LogP contribution in [0.4, 0.5) is 0 Å². The van der Waals surface area contributed by atoms with Gasteiger partial charge in [-0.2, -0.15) is 0 Å². The molecule has 1 unspecified atom stereocenters. The Morgan fingerprint density at radius 1 is 0.789 bits per heavy atom. The molecule has 0 amide bonds. The summed E-state index contributed by atoms with van der Waals surface area (Å²) >= 11 is 0. The molecule has 1 aliphatic heterocycles. The first kappa shape index (κ1) is 28.3. The second-order valence-electron chi connectivity index (χ2n) is 11.6. The summed E-state index contributed by atoms with van der Waals surface area (Å²) in [5.74, 6) is 0.940. The molecule has 5 heteroatoms. The van der Waals surface area contributed by atoms with Crippen LogP contribution in [0.15, 0.2) is 96.6 Å². The van der Waals surface area contributed by atoms with E-state index in [0.717, 1.165) is 30.7 Å². The van der Waals surface area contributed by atoms with Crippen molar-refractivity contribution in [2.24, 2.45) is 0 Å². The van der Waals surface area contributed by atoms with Crippen LogP contribution in [-0.4, -0.2) is 32.6 Å². The summed E-state index contributed by atoms with van der Waals surface area (Å²) < 4.78 is 12.8. The molecular weight excluding hydrogens is 486 g/mol. The third kappa shape index (κ3) is 7.45. The highest BCUT2D eigenvalue weighted by Crippen LogP contribution is 2.40. The quantitative estimate of drug-likeness (QED) is 0.175. The molecule has 3 aromatic rings. The number of benzene rings is 3. The molecule has 202 valence electrons. The van der Waals surface area contributed by atoms with Gasteiger partial charge in [0, 0.05) is 17.7 Å². The van der Waals surface area contributed by atoms with Crippen molar-refractivity contribution in [1.29, 1.82) is 0 Å². The van der Waals surface area contributed by atoms with E-state index in [1.165, 1.54) is 16.7 Å². The van der Waals surface area contributed by atoms with Gasteiger partial charge in [0.2, 0.25) is 0 Å². The van der Waals surface area contributed by atoms with E-state index in [9.17, 15) is 0 Å². The lowest BCUT2D eigenvalue weighted by molar-refractivity contribution is -0.104. The SMILES string of the molecule is CC(C)(C)[Si](C)(C)OCC1=C(c2ccccc2)ON(Cc2ccccc2)C1CCCOCc1ccccc1. The first-order chi connectivity index (χ1) is 18.2. The molecule has 0 aromatic heterocycles. The number of hydrogen-bond acceptors (Lipinski definition) is 4. The van der Waals surface area contributed by atoms with Gasteiger partial charge >= 0.3 is 0 Å². The Kier molecular flexibility index (Phi) is 9.61. The number of hydrogen-bond donors (Lipinski definition) is 0. The monoisotopic (exact) mass is 529 g/mol. The van der Waals surface area contributed by atoms with Crippen molar-refractivity contribution < 1.29 is 14.0 Å². The standard InChI is InChI=1S/C33H43NO3Si/c1-33(2,3)38(4,5)36-26-30-31(22-15-23-35-25-28-18-11-7-12-19-28)34(24-27-16-9-6-10-17-27)37-32(30)29-20-13-8-14-21-29/h6-14,16-21,31H,15,22-26H2,1-5H3. The minimum atomic E-state index is -1.94. The summed E-state index contributed by atoms with van der Waals surface area (Å²) in [5.41, 5.74) is 4.77. The van der Waals surface area contributed by atoms with Crippen LogP contribution in [0.3, 0.4) is 0 Å². The third-order valence-electron chi connectivity index (χ3n) is 7.74. The average Bonchev–Trinajstić information content (AvgIpc) is 3.25. The van der Waals surface area contributed by atoms with Gasteiger partial charge in [0.05, 0.1) is 25.8 Å². The summed E-state index contributed by atoms with van der Waals surface area (Å²) in [5, 5.41) is 2.30. The Bertz CT molecular complexity index is 1160. The number of nitrogens with zero attached hydrogens (tertiary/aromatic N) is 1. The molecule has 0 fully saturated rings. The largest absolute Gasteiger partial charge is 0.413 e. The molecule has 0 aliphatic carbocycles. The van der Waals surface area contributed by atoms with Gasteiger partial charge in [-0.1, -0.05) is 112 Å². The van der Waals surface area contributed by atoms with E-state index >= 15 is 0 Å². The molecular formula is C33H43NO3Si. The Labute approximate surface area is 230 Å². The lowest BCUT2D eigenvalue weighted by Crippen LogP contribution is -2.42. The predicted molar refractivity (Wildman–Crippen MR) is 159 cm³/mol. The fourth-order valence-electron chi connectivity index (χ4n) is 4.40. The van der Waals surface area contributed by atoms with Gasteiger partial charge in [-0.05, 0) is 42.1 Å². The molecule has 0 N–H and O–H groups in total. The van der Waals surface area contributed by atoms with Crippen LogP contribution in [0.2, 0.25) is 18.1 Å². The maximum absolute atomic E-state index is 6.79. The van der Waals surface area contributed by atoms with Crippen molar-refractivity contribution in [3.8, 4) is 0 Å². The molecule has 0 saturated carbocycles. The first-order valence-corrected chi connectivity index (χ1v) is 16.7. The molecule has 1 aliphatic rings. The number of ether oxygens (including phenoxy) is 1. The molecule has 0 bridgehead atoms. The van der Waals surface area contributed by atoms with Crippen LogP contribution in [0.5, 0.6) is 0 Å². The highest BCUT2D eigenvalue weighted by Gasteiger charge is 2.40. The van der Waals surface area contributed by atoms with Crippen molar-refractivity contribution in [3.63, 3.8) is 0 Å². The van der Waals surface area contributed by atoms with E-state index in [1.807, 2.05) is 12.1 Å². The molecule has 1 heterocycles. The average molecular weight is 530 g/mol. The van der Waals surface area contributed by atoms with E-state index in [-0.39, 0.29) is 11.1 Å². The molecule has 4 rings (SSSR count). The zero-order valence-electron chi connectivity index (χ0n) is 23.7. The smallest absolute Gasteiger partial charge is 0.192 e. The summed E-state index contributed by atoms with van der Waals surface area (Å²) in [6, 6.07) is 31.5. The van der Waals surface area contributed by atoms with Crippen LogP contribution in [0.25, 0.3) is 5.76 Å². The number of rotatable bonds is 12. The normalized spacial score (nSPS) is 16.6. The molecule has 0 spiro atoms. The van der Waals surface area contributed by atoms with E-state index in [1.54, 1.807) is 0 Å². The van der Waals surface area contributed by atoms with Gasteiger partial charge in [0.15, 0.2) is 14.1 Å². The van der Waals surface area contributed by atoms with Gasteiger partial charge in [-0.15, -0.1) is 5.06 Å². The van der Waals surface area contributed by atoms with Crippen molar-refractivity contribution in [3.05, 3.63) is 113 Å². The lowest BCUT2D eigenvalue weighted by Gasteiger charge is -2.36. The molecule has 0 radical (unpaired) electrons. The molecule has 38 heavy (non-hydrogen) atoms. The summed E-state index contributed by atoms with van der Waals surface area (Å²) in [6.07, 6.45) is 1.88. The van der Waals surface area contributed by atoms with Crippen molar-refractivity contribution in [2.75, 3.05) is 13.2 Å². The van der Waals surface area contributed by atoms with Gasteiger partial charge < -0.3 is 14.0 Å². The van der Waals surface area contributed by atoms with Crippen LogP contribution in [0, 0.1) is 0 Å². The van der Waals surface area contributed by atoms with Crippen LogP contribution < -0.4 is 0 Å². The second kappa shape index (κ2) is 12.9. The lowest BCUT2D eigenvalue weighted by atomic mass is 9.99.